The van der Waals surface area contributed by atoms with Gasteiger partial charge in [0.1, 0.15) is 29.5 Å². The minimum Gasteiger partial charge on any atom is -0.489 e. The lowest BCUT2D eigenvalue weighted by Crippen LogP contribution is -2.26. The lowest BCUT2D eigenvalue weighted by atomic mass is 10.2. The third-order valence-corrected chi connectivity index (χ3v) is 2.90. The summed E-state index contributed by atoms with van der Waals surface area (Å²) in [5.74, 6) is 1.65. The van der Waals surface area contributed by atoms with Crippen molar-refractivity contribution in [2.45, 2.75) is 26.4 Å². The van der Waals surface area contributed by atoms with Crippen molar-refractivity contribution in [2.24, 2.45) is 0 Å². The minimum atomic E-state index is -0.545. The monoisotopic (exact) mass is 326 g/mol. The van der Waals surface area contributed by atoms with Gasteiger partial charge in [-0.2, -0.15) is 0 Å². The molecule has 0 saturated heterocycles. The molecule has 2 rings (SSSR count). The Hall–Kier alpha value is -2.75. The molecule has 0 N–H and O–H groups in total. The van der Waals surface area contributed by atoms with Gasteiger partial charge in [0.15, 0.2) is 0 Å². The molecule has 24 heavy (non-hydrogen) atoms. The van der Waals surface area contributed by atoms with Crippen molar-refractivity contribution in [3.8, 4) is 17.2 Å². The predicted octanol–water partition coefficient (Wildman–Crippen LogP) is 4.76. The van der Waals surface area contributed by atoms with Crippen molar-refractivity contribution >= 4 is 5.97 Å². The molecule has 4 nitrogen and oxygen atoms in total. The fraction of sp³-hybridized carbons (Fsp3) is 0.250. The van der Waals surface area contributed by atoms with E-state index >= 15 is 0 Å². The number of hydrogen-bond acceptors (Lipinski definition) is 4. The summed E-state index contributed by atoms with van der Waals surface area (Å²) in [4.78, 5) is 11.8. The average Bonchev–Trinajstić information content (AvgIpc) is 2.53. The first-order chi connectivity index (χ1) is 11.3. The van der Waals surface area contributed by atoms with Gasteiger partial charge in [0.25, 0.3) is 0 Å². The molecule has 0 heterocycles. The molecule has 0 bridgehead atoms. The van der Waals surface area contributed by atoms with E-state index in [4.69, 9.17) is 14.2 Å². The minimum absolute atomic E-state index is 0.0772. The van der Waals surface area contributed by atoms with E-state index in [-0.39, 0.29) is 12.2 Å². The van der Waals surface area contributed by atoms with Crippen LogP contribution in [-0.2, 0) is 9.53 Å². The van der Waals surface area contributed by atoms with Crippen LogP contribution in [-0.4, -0.2) is 18.2 Å². The van der Waals surface area contributed by atoms with Crippen molar-refractivity contribution in [2.75, 3.05) is 6.61 Å². The van der Waals surface area contributed by atoms with Crippen LogP contribution in [0.4, 0.5) is 0 Å². The quantitative estimate of drug-likeness (QED) is 0.567. The standard InChI is InChI=1S/C20H22O4/c1-15(19(21)24-20(2,3)4)14-22-16-10-12-18(13-11-16)23-17-8-6-5-7-9-17/h5-13H,1,14H2,2-4H3. The largest absolute Gasteiger partial charge is 0.489 e. The summed E-state index contributed by atoms with van der Waals surface area (Å²) in [7, 11) is 0. The number of carbonyl (C=O) groups is 1. The summed E-state index contributed by atoms with van der Waals surface area (Å²) in [5, 5.41) is 0. The molecule has 0 aliphatic heterocycles. The second kappa shape index (κ2) is 7.68. The Kier molecular flexibility index (Phi) is 5.64. The molecule has 0 aromatic heterocycles. The third-order valence-electron chi connectivity index (χ3n) is 2.90. The van der Waals surface area contributed by atoms with Crippen molar-refractivity contribution in [1.29, 1.82) is 0 Å². The van der Waals surface area contributed by atoms with Crippen molar-refractivity contribution in [3.63, 3.8) is 0 Å². The maximum Gasteiger partial charge on any atom is 0.337 e. The van der Waals surface area contributed by atoms with Gasteiger partial charge >= 0.3 is 5.97 Å². The van der Waals surface area contributed by atoms with E-state index in [9.17, 15) is 4.79 Å². The van der Waals surface area contributed by atoms with Crippen LogP contribution in [0.15, 0.2) is 66.7 Å². The third kappa shape index (κ3) is 5.80. The first-order valence-corrected chi connectivity index (χ1v) is 7.70. The van der Waals surface area contributed by atoms with Gasteiger partial charge in [-0.1, -0.05) is 24.8 Å². The molecule has 0 radical (unpaired) electrons. The average molecular weight is 326 g/mol. The Bertz CT molecular complexity index is 682. The molecular weight excluding hydrogens is 304 g/mol. The van der Waals surface area contributed by atoms with Gasteiger partial charge in [0.2, 0.25) is 0 Å². The Morgan fingerprint density at radius 2 is 1.46 bits per heavy atom. The fourth-order valence-electron chi connectivity index (χ4n) is 1.81. The second-order valence-electron chi connectivity index (χ2n) is 6.28. The van der Waals surface area contributed by atoms with Gasteiger partial charge in [-0.15, -0.1) is 0 Å². The fourth-order valence-corrected chi connectivity index (χ4v) is 1.81. The lowest BCUT2D eigenvalue weighted by Gasteiger charge is -2.20. The summed E-state index contributed by atoms with van der Waals surface area (Å²) in [6, 6.07) is 16.7. The van der Waals surface area contributed by atoms with Gasteiger partial charge < -0.3 is 14.2 Å². The molecule has 0 aliphatic carbocycles. The molecule has 0 atom stereocenters. The number of ether oxygens (including phenoxy) is 3. The van der Waals surface area contributed by atoms with Crippen LogP contribution in [0.5, 0.6) is 17.2 Å². The van der Waals surface area contributed by atoms with Crippen LogP contribution in [0.2, 0.25) is 0 Å². The molecular formula is C20H22O4. The van der Waals surface area contributed by atoms with E-state index in [1.807, 2.05) is 51.1 Å². The predicted molar refractivity (Wildman–Crippen MR) is 93.4 cm³/mol. The van der Waals surface area contributed by atoms with Gasteiger partial charge in [-0.25, -0.2) is 4.79 Å². The van der Waals surface area contributed by atoms with Crippen LogP contribution in [0.1, 0.15) is 20.8 Å². The van der Waals surface area contributed by atoms with Gasteiger partial charge in [-0.3, -0.25) is 0 Å². The summed E-state index contributed by atoms with van der Waals surface area (Å²) in [6.45, 7) is 9.21. The maximum atomic E-state index is 11.8. The summed E-state index contributed by atoms with van der Waals surface area (Å²) in [5.41, 5.74) is -0.272. The van der Waals surface area contributed by atoms with Crippen molar-refractivity contribution < 1.29 is 19.0 Å². The maximum absolute atomic E-state index is 11.8. The Morgan fingerprint density at radius 3 is 2.04 bits per heavy atom. The number of hydrogen-bond donors (Lipinski definition) is 0. The number of rotatable bonds is 6. The molecule has 0 spiro atoms. The lowest BCUT2D eigenvalue weighted by molar-refractivity contribution is -0.150. The highest BCUT2D eigenvalue weighted by molar-refractivity contribution is 5.88. The smallest absolute Gasteiger partial charge is 0.337 e. The Balaban J connectivity index is 1.86. The number of carbonyl (C=O) groups excluding carboxylic acids is 1. The van der Waals surface area contributed by atoms with E-state index in [1.165, 1.54) is 0 Å². The van der Waals surface area contributed by atoms with E-state index in [2.05, 4.69) is 6.58 Å². The van der Waals surface area contributed by atoms with Gasteiger partial charge in [-0.05, 0) is 57.2 Å². The molecule has 0 fully saturated rings. The van der Waals surface area contributed by atoms with Crippen LogP contribution >= 0.6 is 0 Å². The molecule has 126 valence electrons. The van der Waals surface area contributed by atoms with E-state index in [1.54, 1.807) is 24.3 Å². The zero-order valence-electron chi connectivity index (χ0n) is 14.2. The van der Waals surface area contributed by atoms with Gasteiger partial charge in [0, 0.05) is 0 Å². The Morgan fingerprint density at radius 1 is 0.917 bits per heavy atom. The highest BCUT2D eigenvalue weighted by Crippen LogP contribution is 2.23. The summed E-state index contributed by atoms with van der Waals surface area (Å²) in [6.07, 6.45) is 0. The highest BCUT2D eigenvalue weighted by atomic mass is 16.6. The number of benzene rings is 2. The zero-order chi connectivity index (χ0) is 17.6. The van der Waals surface area contributed by atoms with Crippen LogP contribution < -0.4 is 9.47 Å². The topological polar surface area (TPSA) is 44.8 Å². The van der Waals surface area contributed by atoms with E-state index < -0.39 is 11.6 Å². The van der Waals surface area contributed by atoms with Crippen LogP contribution in [0, 0.1) is 0 Å². The van der Waals surface area contributed by atoms with E-state index in [0.717, 1.165) is 5.75 Å². The molecule has 0 saturated carbocycles. The van der Waals surface area contributed by atoms with Gasteiger partial charge in [0.05, 0.1) is 5.57 Å². The van der Waals surface area contributed by atoms with Crippen LogP contribution in [0.25, 0.3) is 0 Å². The molecule has 4 heteroatoms. The van der Waals surface area contributed by atoms with Crippen molar-refractivity contribution in [1.82, 2.24) is 0 Å². The second-order valence-corrected chi connectivity index (χ2v) is 6.28. The molecule has 0 aliphatic rings. The highest BCUT2D eigenvalue weighted by Gasteiger charge is 2.18. The Labute approximate surface area is 142 Å². The number of esters is 1. The molecule has 2 aromatic rings. The SMILES string of the molecule is C=C(COc1ccc(Oc2ccccc2)cc1)C(=O)OC(C)(C)C. The van der Waals surface area contributed by atoms with E-state index in [0.29, 0.717) is 11.5 Å². The molecule has 2 aromatic carbocycles. The van der Waals surface area contributed by atoms with Crippen LogP contribution in [0.3, 0.4) is 0 Å². The summed E-state index contributed by atoms with van der Waals surface area (Å²) < 4.78 is 16.5. The normalized spacial score (nSPS) is 10.8. The summed E-state index contributed by atoms with van der Waals surface area (Å²) >= 11 is 0. The van der Waals surface area contributed by atoms with Crippen molar-refractivity contribution in [3.05, 3.63) is 66.7 Å². The molecule has 0 amide bonds. The molecule has 0 unspecified atom stereocenters. The first kappa shape index (κ1) is 17.6. The first-order valence-electron chi connectivity index (χ1n) is 7.70. The number of para-hydroxylation sites is 1. The zero-order valence-corrected chi connectivity index (χ0v) is 14.2.